The van der Waals surface area contributed by atoms with Crippen LogP contribution >= 0.6 is 0 Å². The lowest BCUT2D eigenvalue weighted by Crippen LogP contribution is -2.03. The van der Waals surface area contributed by atoms with E-state index in [4.69, 9.17) is 14.2 Å². The van der Waals surface area contributed by atoms with Gasteiger partial charge in [-0.1, -0.05) is 26.0 Å². The maximum Gasteiger partial charge on any atom is 0.212 e. The monoisotopic (exact) mass is 301 g/mol. The summed E-state index contributed by atoms with van der Waals surface area (Å²) in [6, 6.07) is 9.94. The third kappa shape index (κ3) is 4.13. The van der Waals surface area contributed by atoms with Crippen molar-refractivity contribution < 1.29 is 14.2 Å². The topological polar surface area (TPSA) is 40.6 Å². The predicted octanol–water partition coefficient (Wildman–Crippen LogP) is 3.84. The molecule has 0 aliphatic carbocycles. The minimum absolute atomic E-state index is 0.466. The van der Waals surface area contributed by atoms with Crippen molar-refractivity contribution in [3.8, 4) is 17.4 Å². The van der Waals surface area contributed by atoms with Crippen molar-refractivity contribution >= 4 is 0 Å². The maximum absolute atomic E-state index is 5.84. The fourth-order valence-electron chi connectivity index (χ4n) is 2.12. The van der Waals surface area contributed by atoms with Gasteiger partial charge in [-0.25, -0.2) is 4.98 Å². The lowest BCUT2D eigenvalue weighted by atomic mass is 10.0. The Labute approximate surface area is 132 Å². The van der Waals surface area contributed by atoms with Crippen molar-refractivity contribution in [1.82, 2.24) is 4.98 Å². The number of ether oxygens (including phenoxy) is 3. The van der Waals surface area contributed by atoms with E-state index >= 15 is 0 Å². The largest absolute Gasteiger partial charge is 0.493 e. The van der Waals surface area contributed by atoms with Gasteiger partial charge in [0.25, 0.3) is 0 Å². The van der Waals surface area contributed by atoms with Crippen LogP contribution < -0.4 is 14.2 Å². The highest BCUT2D eigenvalue weighted by molar-refractivity contribution is 5.43. The Balaban J connectivity index is 1.95. The predicted molar refractivity (Wildman–Crippen MR) is 87.1 cm³/mol. The van der Waals surface area contributed by atoms with Crippen LogP contribution in [-0.4, -0.2) is 25.8 Å². The second-order valence-electron chi connectivity index (χ2n) is 5.37. The molecule has 2 rings (SSSR count). The highest BCUT2D eigenvalue weighted by atomic mass is 16.5. The molecule has 0 aliphatic heterocycles. The highest BCUT2D eigenvalue weighted by Crippen LogP contribution is 2.30. The molecule has 1 aromatic heterocycles. The van der Waals surface area contributed by atoms with Crippen LogP contribution in [0.1, 0.15) is 30.9 Å². The average molecular weight is 301 g/mol. The van der Waals surface area contributed by atoms with Crippen molar-refractivity contribution in [3.63, 3.8) is 0 Å². The summed E-state index contributed by atoms with van der Waals surface area (Å²) < 4.78 is 16.3. The molecule has 0 N–H and O–H groups in total. The van der Waals surface area contributed by atoms with E-state index in [1.165, 1.54) is 5.56 Å². The van der Waals surface area contributed by atoms with Gasteiger partial charge in [-0.3, -0.25) is 0 Å². The minimum atomic E-state index is 0.466. The average Bonchev–Trinajstić information content (AvgIpc) is 2.55. The lowest BCUT2D eigenvalue weighted by molar-refractivity contribution is 0.297. The molecule has 1 heterocycles. The van der Waals surface area contributed by atoms with Gasteiger partial charge < -0.3 is 14.2 Å². The molecular weight excluding hydrogens is 278 g/mol. The third-order valence-electron chi connectivity index (χ3n) is 3.51. The molecule has 0 saturated carbocycles. The quantitative estimate of drug-likeness (QED) is 0.779. The highest BCUT2D eigenvalue weighted by Gasteiger charge is 2.08. The van der Waals surface area contributed by atoms with E-state index in [0.717, 1.165) is 23.5 Å². The fraction of sp³-hybridized carbons (Fsp3) is 0.389. The van der Waals surface area contributed by atoms with Crippen LogP contribution in [0.2, 0.25) is 0 Å². The van der Waals surface area contributed by atoms with E-state index in [1.807, 2.05) is 24.3 Å². The van der Waals surface area contributed by atoms with E-state index in [1.54, 1.807) is 20.4 Å². The first-order valence-corrected chi connectivity index (χ1v) is 7.43. The zero-order valence-corrected chi connectivity index (χ0v) is 13.6. The Hall–Kier alpha value is -2.23. The van der Waals surface area contributed by atoms with Gasteiger partial charge in [0.2, 0.25) is 5.88 Å². The molecule has 0 radical (unpaired) electrons. The van der Waals surface area contributed by atoms with Crippen molar-refractivity contribution in [2.75, 3.05) is 20.8 Å². The first-order valence-electron chi connectivity index (χ1n) is 7.43. The summed E-state index contributed by atoms with van der Waals surface area (Å²) in [5.41, 5.74) is 2.35. The standard InChI is InChI=1S/C18H23NO3/c1-13(2)15-6-7-16(17(11-15)20-3)22-10-9-14-5-8-18(21-4)19-12-14/h5-8,11-13H,9-10H2,1-4H3. The number of rotatable bonds is 7. The Kier molecular flexibility index (Phi) is 5.64. The summed E-state index contributed by atoms with van der Waals surface area (Å²) >= 11 is 0. The van der Waals surface area contributed by atoms with Gasteiger partial charge >= 0.3 is 0 Å². The molecule has 0 saturated heterocycles. The molecule has 4 heteroatoms. The van der Waals surface area contributed by atoms with Gasteiger partial charge in [-0.2, -0.15) is 0 Å². The van der Waals surface area contributed by atoms with Crippen LogP contribution in [0.5, 0.6) is 17.4 Å². The molecule has 1 aromatic carbocycles. The van der Waals surface area contributed by atoms with Crippen LogP contribution in [0.25, 0.3) is 0 Å². The molecule has 0 bridgehead atoms. The number of benzene rings is 1. The van der Waals surface area contributed by atoms with Crippen LogP contribution in [0.15, 0.2) is 36.5 Å². The molecule has 22 heavy (non-hydrogen) atoms. The van der Waals surface area contributed by atoms with Gasteiger partial charge in [0.1, 0.15) is 0 Å². The Morgan fingerprint density at radius 2 is 1.82 bits per heavy atom. The van der Waals surface area contributed by atoms with E-state index in [-0.39, 0.29) is 0 Å². The number of hydrogen-bond donors (Lipinski definition) is 0. The number of aromatic nitrogens is 1. The fourth-order valence-corrected chi connectivity index (χ4v) is 2.12. The molecule has 0 aliphatic rings. The zero-order chi connectivity index (χ0) is 15.9. The van der Waals surface area contributed by atoms with E-state index in [0.29, 0.717) is 18.4 Å². The van der Waals surface area contributed by atoms with Crippen molar-refractivity contribution in [1.29, 1.82) is 0 Å². The lowest BCUT2D eigenvalue weighted by Gasteiger charge is -2.13. The van der Waals surface area contributed by atoms with Gasteiger partial charge in [0.15, 0.2) is 11.5 Å². The molecule has 0 unspecified atom stereocenters. The Morgan fingerprint density at radius 3 is 2.41 bits per heavy atom. The molecule has 0 fully saturated rings. The van der Waals surface area contributed by atoms with Gasteiger partial charge in [0.05, 0.1) is 20.8 Å². The molecule has 2 aromatic rings. The second kappa shape index (κ2) is 7.69. The van der Waals surface area contributed by atoms with Gasteiger partial charge in [-0.05, 0) is 29.2 Å². The van der Waals surface area contributed by atoms with Crippen molar-refractivity contribution in [2.45, 2.75) is 26.2 Å². The van der Waals surface area contributed by atoms with E-state index in [9.17, 15) is 0 Å². The Bertz CT molecular complexity index is 594. The SMILES string of the molecule is COc1ccc(CCOc2ccc(C(C)C)cc2OC)cn1. The number of methoxy groups -OCH3 is 2. The molecule has 4 nitrogen and oxygen atoms in total. The molecule has 0 spiro atoms. The number of nitrogens with zero attached hydrogens (tertiary/aromatic N) is 1. The van der Waals surface area contributed by atoms with E-state index < -0.39 is 0 Å². The van der Waals surface area contributed by atoms with Crippen LogP contribution in [0.3, 0.4) is 0 Å². The summed E-state index contributed by atoms with van der Waals surface area (Å²) in [7, 11) is 3.28. The summed E-state index contributed by atoms with van der Waals surface area (Å²) in [4.78, 5) is 4.19. The second-order valence-corrected chi connectivity index (χ2v) is 5.37. The number of pyridine rings is 1. The Morgan fingerprint density at radius 1 is 1.00 bits per heavy atom. The summed E-state index contributed by atoms with van der Waals surface area (Å²) in [6.45, 7) is 4.89. The number of hydrogen-bond acceptors (Lipinski definition) is 4. The normalized spacial score (nSPS) is 10.6. The van der Waals surface area contributed by atoms with Gasteiger partial charge in [-0.15, -0.1) is 0 Å². The first-order chi connectivity index (χ1) is 10.6. The van der Waals surface area contributed by atoms with Crippen LogP contribution in [0.4, 0.5) is 0 Å². The van der Waals surface area contributed by atoms with Crippen LogP contribution in [0, 0.1) is 0 Å². The van der Waals surface area contributed by atoms with Crippen molar-refractivity contribution in [3.05, 3.63) is 47.7 Å². The maximum atomic E-state index is 5.84. The van der Waals surface area contributed by atoms with Crippen molar-refractivity contribution in [2.24, 2.45) is 0 Å². The van der Waals surface area contributed by atoms with Gasteiger partial charge in [0, 0.05) is 18.7 Å². The first kappa shape index (κ1) is 16.1. The minimum Gasteiger partial charge on any atom is -0.493 e. The summed E-state index contributed by atoms with van der Waals surface area (Å²) in [6.07, 6.45) is 2.59. The zero-order valence-electron chi connectivity index (χ0n) is 13.6. The summed E-state index contributed by atoms with van der Waals surface area (Å²) in [5.74, 6) is 2.64. The molecule has 118 valence electrons. The molecular formula is C18H23NO3. The third-order valence-corrected chi connectivity index (χ3v) is 3.51. The molecule has 0 amide bonds. The van der Waals surface area contributed by atoms with E-state index in [2.05, 4.69) is 24.9 Å². The van der Waals surface area contributed by atoms with Crippen LogP contribution in [-0.2, 0) is 6.42 Å². The smallest absolute Gasteiger partial charge is 0.212 e. The summed E-state index contributed by atoms with van der Waals surface area (Å²) in [5, 5.41) is 0. The molecule has 0 atom stereocenters.